The van der Waals surface area contributed by atoms with Crippen LogP contribution in [0.25, 0.3) is 0 Å². The fourth-order valence-electron chi connectivity index (χ4n) is 2.16. The van der Waals surface area contributed by atoms with E-state index < -0.39 is 46.7 Å². The molecule has 2 amide bonds. The second-order valence-electron chi connectivity index (χ2n) is 7.59. The molecule has 0 aliphatic heterocycles. The molecule has 1 aromatic carbocycles. The van der Waals surface area contributed by atoms with E-state index in [2.05, 4.69) is 14.8 Å². The van der Waals surface area contributed by atoms with Crippen molar-refractivity contribution in [1.29, 1.82) is 0 Å². The van der Waals surface area contributed by atoms with Crippen molar-refractivity contribution >= 4 is 23.0 Å². The van der Waals surface area contributed by atoms with Crippen LogP contribution in [0.4, 0.5) is 18.0 Å². The zero-order valence-corrected chi connectivity index (χ0v) is 17.6. The van der Waals surface area contributed by atoms with Crippen molar-refractivity contribution in [2.45, 2.75) is 63.9 Å². The van der Waals surface area contributed by atoms with E-state index in [9.17, 15) is 27.0 Å². The van der Waals surface area contributed by atoms with E-state index in [0.29, 0.717) is 0 Å². The molecule has 11 heteroatoms. The Morgan fingerprint density at radius 3 is 2.31 bits per heavy atom. The predicted octanol–water partition coefficient (Wildman–Crippen LogP) is 3.66. The highest BCUT2D eigenvalue weighted by molar-refractivity contribution is 7.83. The van der Waals surface area contributed by atoms with Crippen LogP contribution in [0.15, 0.2) is 29.2 Å². The summed E-state index contributed by atoms with van der Waals surface area (Å²) in [7, 11) is -2.16. The minimum Gasteiger partial charge on any atom is -0.444 e. The van der Waals surface area contributed by atoms with Gasteiger partial charge in [0.1, 0.15) is 17.4 Å². The number of hydrogen-bond acceptors (Lipinski definition) is 5. The molecule has 0 bridgehead atoms. The summed E-state index contributed by atoms with van der Waals surface area (Å²) in [5.41, 5.74) is -0.773. The van der Waals surface area contributed by atoms with Gasteiger partial charge in [0.05, 0.1) is 4.90 Å². The Hall–Kier alpha value is -2.30. The lowest BCUT2D eigenvalue weighted by Gasteiger charge is -2.24. The van der Waals surface area contributed by atoms with Gasteiger partial charge in [-0.1, -0.05) is 19.9 Å². The van der Waals surface area contributed by atoms with Gasteiger partial charge in [0.15, 0.2) is 11.0 Å². The quantitative estimate of drug-likeness (QED) is 0.678. The maximum absolute atomic E-state index is 12.5. The summed E-state index contributed by atoms with van der Waals surface area (Å²) in [5, 5.41) is 2.42. The molecule has 1 aromatic rings. The lowest BCUT2D eigenvalue weighted by molar-refractivity contribution is -0.274. The van der Waals surface area contributed by atoms with E-state index in [-0.39, 0.29) is 17.2 Å². The summed E-state index contributed by atoms with van der Waals surface area (Å²) in [4.78, 5) is 24.4. The first-order valence-electron chi connectivity index (χ1n) is 8.74. The number of nitrogens with one attached hydrogen (secondary N) is 2. The molecule has 0 fully saturated rings. The van der Waals surface area contributed by atoms with Crippen LogP contribution in [0.3, 0.4) is 0 Å². The highest BCUT2D eigenvalue weighted by atomic mass is 32.2. The number of carbonyl (C=O) groups is 2. The standard InChI is InChI=1S/C18H25F3N2O5S/c1-11(2)9-14(22-16(25)28-17(3,4)5)15(24)23-29(26)13-8-6-7-12(10-13)27-18(19,20)21/h6-8,10-11,14H,9H2,1-5H3,(H,22,25)(H,23,24). The lowest BCUT2D eigenvalue weighted by atomic mass is 10.0. The molecular weight excluding hydrogens is 413 g/mol. The summed E-state index contributed by atoms with van der Waals surface area (Å²) in [6.07, 6.45) is -5.48. The number of alkyl halides is 3. The molecule has 2 N–H and O–H groups in total. The van der Waals surface area contributed by atoms with Gasteiger partial charge in [-0.3, -0.25) is 9.52 Å². The molecule has 0 aromatic heterocycles. The third kappa shape index (κ3) is 10.2. The average Bonchev–Trinajstić information content (AvgIpc) is 2.50. The van der Waals surface area contributed by atoms with Crippen LogP contribution < -0.4 is 14.8 Å². The number of rotatable bonds is 7. The van der Waals surface area contributed by atoms with Crippen LogP contribution in [0, 0.1) is 5.92 Å². The first-order chi connectivity index (χ1) is 13.2. The lowest BCUT2D eigenvalue weighted by Crippen LogP contribution is -2.49. The number of ether oxygens (including phenoxy) is 2. The molecule has 0 radical (unpaired) electrons. The Morgan fingerprint density at radius 2 is 1.79 bits per heavy atom. The molecule has 2 atom stereocenters. The number of alkyl carbamates (subject to hydrolysis) is 1. The highest BCUT2D eigenvalue weighted by Crippen LogP contribution is 2.24. The molecule has 0 aliphatic rings. The van der Waals surface area contributed by atoms with Crippen LogP contribution in [-0.2, 0) is 20.5 Å². The fraction of sp³-hybridized carbons (Fsp3) is 0.556. The number of amides is 2. The zero-order valence-electron chi connectivity index (χ0n) is 16.8. The van der Waals surface area contributed by atoms with Gasteiger partial charge in [-0.2, -0.15) is 0 Å². The number of halogens is 3. The second kappa shape index (κ2) is 9.95. The second-order valence-corrected chi connectivity index (χ2v) is 8.80. The van der Waals surface area contributed by atoms with Gasteiger partial charge in [-0.15, -0.1) is 13.2 Å². The van der Waals surface area contributed by atoms with Crippen LogP contribution in [0.1, 0.15) is 41.0 Å². The van der Waals surface area contributed by atoms with Gasteiger partial charge in [0.2, 0.25) is 0 Å². The van der Waals surface area contributed by atoms with E-state index in [0.717, 1.165) is 12.1 Å². The smallest absolute Gasteiger partial charge is 0.444 e. The molecule has 1 rings (SSSR count). The van der Waals surface area contributed by atoms with E-state index in [1.165, 1.54) is 12.1 Å². The molecule has 29 heavy (non-hydrogen) atoms. The van der Waals surface area contributed by atoms with Gasteiger partial charge < -0.3 is 14.8 Å². The largest absolute Gasteiger partial charge is 0.573 e. The molecule has 2 unspecified atom stereocenters. The summed E-state index contributed by atoms with van der Waals surface area (Å²) in [6.45, 7) is 8.64. The molecule has 7 nitrogen and oxygen atoms in total. The summed E-state index contributed by atoms with van der Waals surface area (Å²) >= 11 is 0. The first-order valence-corrected chi connectivity index (χ1v) is 9.89. The SMILES string of the molecule is CC(C)CC(NC(=O)OC(C)(C)C)C(=O)NS(=O)c1cccc(OC(F)(F)F)c1. The minimum absolute atomic E-state index is 0.0117. The number of benzene rings is 1. The monoisotopic (exact) mass is 438 g/mol. The molecule has 164 valence electrons. The first kappa shape index (κ1) is 24.7. The van der Waals surface area contributed by atoms with Crippen molar-refractivity contribution < 1.29 is 36.4 Å². The molecule has 0 heterocycles. The maximum atomic E-state index is 12.5. The van der Waals surface area contributed by atoms with E-state index in [1.807, 2.05) is 13.8 Å². The van der Waals surface area contributed by atoms with Crippen LogP contribution in [0.5, 0.6) is 5.75 Å². The Kier molecular flexibility index (Phi) is 8.49. The van der Waals surface area contributed by atoms with Gasteiger partial charge >= 0.3 is 12.5 Å². The van der Waals surface area contributed by atoms with Crippen LogP contribution >= 0.6 is 0 Å². The van der Waals surface area contributed by atoms with E-state index >= 15 is 0 Å². The fourth-order valence-corrected chi connectivity index (χ4v) is 3.03. The predicted molar refractivity (Wildman–Crippen MR) is 100 cm³/mol. The Morgan fingerprint density at radius 1 is 1.17 bits per heavy atom. The number of carbonyl (C=O) groups excluding carboxylic acids is 2. The van der Waals surface area contributed by atoms with Gasteiger partial charge in [0, 0.05) is 0 Å². The average molecular weight is 438 g/mol. The normalized spacial score (nSPS) is 14.1. The Balaban J connectivity index is 2.86. The molecule has 0 saturated carbocycles. The third-order valence-electron chi connectivity index (χ3n) is 3.16. The van der Waals surface area contributed by atoms with Crippen LogP contribution in [-0.4, -0.2) is 34.2 Å². The van der Waals surface area contributed by atoms with Crippen molar-refractivity contribution in [3.8, 4) is 5.75 Å². The molecular formula is C18H25F3N2O5S. The zero-order chi connectivity index (χ0) is 22.4. The van der Waals surface area contributed by atoms with Gasteiger partial charge in [-0.25, -0.2) is 9.00 Å². The molecule has 0 aliphatic carbocycles. The minimum atomic E-state index is -4.90. The highest BCUT2D eigenvalue weighted by Gasteiger charge is 2.31. The third-order valence-corrected chi connectivity index (χ3v) is 4.23. The summed E-state index contributed by atoms with van der Waals surface area (Å²) in [6, 6.07) is 3.40. The molecule has 0 saturated heterocycles. The summed E-state index contributed by atoms with van der Waals surface area (Å²) in [5.74, 6) is -1.31. The van der Waals surface area contributed by atoms with Crippen molar-refractivity contribution in [3.05, 3.63) is 24.3 Å². The van der Waals surface area contributed by atoms with E-state index in [4.69, 9.17) is 4.74 Å². The van der Waals surface area contributed by atoms with Crippen molar-refractivity contribution in [2.24, 2.45) is 5.92 Å². The van der Waals surface area contributed by atoms with Crippen molar-refractivity contribution in [3.63, 3.8) is 0 Å². The van der Waals surface area contributed by atoms with Crippen molar-refractivity contribution in [2.75, 3.05) is 0 Å². The topological polar surface area (TPSA) is 93.7 Å². The van der Waals surface area contributed by atoms with Gasteiger partial charge in [0.25, 0.3) is 5.91 Å². The number of hydrogen-bond donors (Lipinski definition) is 2. The molecule has 0 spiro atoms. The van der Waals surface area contributed by atoms with Crippen molar-refractivity contribution in [1.82, 2.24) is 10.0 Å². The Bertz CT molecular complexity index is 748. The summed E-state index contributed by atoms with van der Waals surface area (Å²) < 4.78 is 60.5. The van der Waals surface area contributed by atoms with Gasteiger partial charge in [-0.05, 0) is 51.3 Å². The van der Waals surface area contributed by atoms with Crippen LogP contribution in [0.2, 0.25) is 0 Å². The Labute approximate surface area is 169 Å². The maximum Gasteiger partial charge on any atom is 0.573 e. The van der Waals surface area contributed by atoms with E-state index in [1.54, 1.807) is 20.8 Å².